The number of anilines is 3. The lowest BCUT2D eigenvalue weighted by Gasteiger charge is -2.28. The zero-order valence-electron chi connectivity index (χ0n) is 21.3. The van der Waals surface area contributed by atoms with Crippen molar-refractivity contribution in [2.24, 2.45) is 0 Å². The van der Waals surface area contributed by atoms with Gasteiger partial charge >= 0.3 is 0 Å². The van der Waals surface area contributed by atoms with Gasteiger partial charge in [0.05, 0.1) is 0 Å². The van der Waals surface area contributed by atoms with Gasteiger partial charge in [-0.05, 0) is 74.3 Å². The summed E-state index contributed by atoms with van der Waals surface area (Å²) in [4.78, 5) is 29.7. The molecule has 0 spiro atoms. The predicted molar refractivity (Wildman–Crippen MR) is 158 cm³/mol. The van der Waals surface area contributed by atoms with Gasteiger partial charge in [-0.3, -0.25) is 14.5 Å². The summed E-state index contributed by atoms with van der Waals surface area (Å²) in [5.41, 5.74) is 4.91. The summed E-state index contributed by atoms with van der Waals surface area (Å²) in [5, 5.41) is 11.9. The van der Waals surface area contributed by atoms with E-state index in [1.165, 1.54) is 4.90 Å². The molecule has 1 aliphatic rings. The molecule has 0 aliphatic carbocycles. The van der Waals surface area contributed by atoms with Crippen molar-refractivity contribution in [2.45, 2.75) is 6.54 Å². The molecule has 0 bridgehead atoms. The minimum absolute atomic E-state index is 0.241. The van der Waals surface area contributed by atoms with E-state index in [2.05, 4.69) is 16.0 Å². The van der Waals surface area contributed by atoms with Crippen LogP contribution in [-0.4, -0.2) is 53.9 Å². The van der Waals surface area contributed by atoms with Crippen molar-refractivity contribution in [3.05, 3.63) is 102 Å². The van der Waals surface area contributed by atoms with Gasteiger partial charge in [0.2, 0.25) is 0 Å². The highest BCUT2D eigenvalue weighted by atomic mass is 32.1. The molecule has 0 unspecified atom stereocenters. The maximum Gasteiger partial charge on any atom is 0.261 e. The molecule has 5 rings (SSSR count). The summed E-state index contributed by atoms with van der Waals surface area (Å²) in [6.45, 7) is 1.56. The number of hydrogen-bond acceptors (Lipinski definition) is 5. The van der Waals surface area contributed by atoms with E-state index < -0.39 is 0 Å². The monoisotopic (exact) mass is 523 g/mol. The first-order valence-corrected chi connectivity index (χ1v) is 12.8. The van der Waals surface area contributed by atoms with E-state index in [0.717, 1.165) is 28.0 Å². The highest BCUT2D eigenvalue weighted by molar-refractivity contribution is 7.80. The van der Waals surface area contributed by atoms with Crippen LogP contribution in [0.3, 0.4) is 0 Å². The van der Waals surface area contributed by atoms with E-state index >= 15 is 0 Å². The molecule has 0 aromatic heterocycles. The van der Waals surface area contributed by atoms with Gasteiger partial charge in [0, 0.05) is 58.6 Å². The smallest absolute Gasteiger partial charge is 0.261 e. The Hall–Kier alpha value is -4.27. The minimum atomic E-state index is -0.241. The Kier molecular flexibility index (Phi) is 7.35. The van der Waals surface area contributed by atoms with Gasteiger partial charge in [-0.15, -0.1) is 0 Å². The Balaban J connectivity index is 1.28. The van der Waals surface area contributed by atoms with Crippen molar-refractivity contribution in [1.82, 2.24) is 9.80 Å². The number of nitrogens with one attached hydrogen (secondary N) is 3. The molecule has 192 valence electrons. The number of carbonyl (C=O) groups excluding carboxylic acids is 2. The molecule has 7 nitrogen and oxygen atoms in total. The van der Waals surface area contributed by atoms with Crippen molar-refractivity contribution >= 4 is 57.0 Å². The molecule has 2 amide bonds. The zero-order valence-corrected chi connectivity index (χ0v) is 22.1. The number of imide groups is 1. The first-order chi connectivity index (χ1) is 18.4. The highest BCUT2D eigenvalue weighted by Gasteiger charge is 2.33. The van der Waals surface area contributed by atoms with E-state index in [1.807, 2.05) is 97.9 Å². The summed E-state index contributed by atoms with van der Waals surface area (Å²) in [5.74, 6) is -0.482. The van der Waals surface area contributed by atoms with Gasteiger partial charge in [-0.2, -0.15) is 0 Å². The molecule has 4 aromatic rings. The van der Waals surface area contributed by atoms with Gasteiger partial charge in [0.15, 0.2) is 5.11 Å². The fraction of sp³-hybridized carbons (Fsp3) is 0.167. The van der Waals surface area contributed by atoms with Crippen LogP contribution in [0.2, 0.25) is 0 Å². The average molecular weight is 524 g/mol. The molecule has 0 fully saturated rings. The first-order valence-electron chi connectivity index (χ1n) is 12.4. The van der Waals surface area contributed by atoms with Gasteiger partial charge in [0.1, 0.15) is 0 Å². The van der Waals surface area contributed by atoms with Crippen molar-refractivity contribution < 1.29 is 9.59 Å². The number of carbonyl (C=O) groups is 2. The topological polar surface area (TPSA) is 76.7 Å². The minimum Gasteiger partial charge on any atom is -0.380 e. The van der Waals surface area contributed by atoms with Crippen molar-refractivity contribution in [1.29, 1.82) is 0 Å². The van der Waals surface area contributed by atoms with Crippen LogP contribution < -0.4 is 16.0 Å². The van der Waals surface area contributed by atoms with E-state index in [0.29, 0.717) is 41.3 Å². The highest BCUT2D eigenvalue weighted by Crippen LogP contribution is 2.34. The molecule has 0 saturated heterocycles. The second-order valence-corrected chi connectivity index (χ2v) is 9.86. The summed E-state index contributed by atoms with van der Waals surface area (Å²) in [6.07, 6.45) is 0. The number of hydrogen-bond donors (Lipinski definition) is 3. The standard InChI is InChI=1S/C30H29N5O2S/c1-34(2)17-18-35-28(36)24-10-6-9-23-26(16-15-25(27(23)24)29(35)37)31-19-20-11-13-22(14-12-20)33-30(38)32-21-7-4-3-5-8-21/h3-16,31H,17-19H2,1-2H3,(H2,32,33,38). The maximum atomic E-state index is 13.2. The molecule has 1 heterocycles. The van der Waals surface area contributed by atoms with Crippen LogP contribution in [0, 0.1) is 0 Å². The number of thiocarbonyl (C=S) groups is 1. The van der Waals surface area contributed by atoms with E-state index in [-0.39, 0.29) is 11.8 Å². The van der Waals surface area contributed by atoms with Crippen molar-refractivity contribution in [3.63, 3.8) is 0 Å². The molecule has 4 aromatic carbocycles. The number of benzene rings is 4. The molecule has 3 N–H and O–H groups in total. The number of rotatable bonds is 8. The Morgan fingerprint density at radius 1 is 0.789 bits per heavy atom. The summed E-state index contributed by atoms with van der Waals surface area (Å²) in [6, 6.07) is 27.2. The normalized spacial score (nSPS) is 12.7. The third-order valence-electron chi connectivity index (χ3n) is 6.49. The molecular formula is C30H29N5O2S. The maximum absolute atomic E-state index is 13.2. The van der Waals surface area contributed by atoms with Crippen molar-refractivity contribution in [3.8, 4) is 0 Å². The van der Waals surface area contributed by atoms with Gasteiger partial charge in [0.25, 0.3) is 11.8 Å². The summed E-state index contributed by atoms with van der Waals surface area (Å²) < 4.78 is 0. The quantitative estimate of drug-likeness (QED) is 0.210. The average Bonchev–Trinajstić information content (AvgIpc) is 2.91. The number of amides is 2. The van der Waals surface area contributed by atoms with E-state index in [4.69, 9.17) is 12.2 Å². The number of likely N-dealkylation sites (N-methyl/N-ethyl adjacent to an activating group) is 1. The molecule has 0 saturated carbocycles. The van der Waals surface area contributed by atoms with Crippen LogP contribution in [-0.2, 0) is 6.54 Å². The second-order valence-electron chi connectivity index (χ2n) is 9.45. The largest absolute Gasteiger partial charge is 0.380 e. The lowest BCUT2D eigenvalue weighted by atomic mass is 9.93. The SMILES string of the molecule is CN(C)CCN1C(=O)c2cccc3c(NCc4ccc(NC(=S)Nc5ccccc5)cc4)ccc(c23)C1=O. The Labute approximate surface area is 227 Å². The third kappa shape index (κ3) is 5.37. The molecule has 0 radical (unpaired) electrons. The number of para-hydroxylation sites is 1. The fourth-order valence-electron chi connectivity index (χ4n) is 4.52. The van der Waals surface area contributed by atoms with Crippen LogP contribution in [0.15, 0.2) is 84.9 Å². The second kappa shape index (κ2) is 11.0. The van der Waals surface area contributed by atoms with Crippen LogP contribution >= 0.6 is 12.2 Å². The molecule has 1 aliphatic heterocycles. The lowest BCUT2D eigenvalue weighted by Crippen LogP contribution is -2.43. The predicted octanol–water partition coefficient (Wildman–Crippen LogP) is 5.42. The Morgan fingerprint density at radius 3 is 2.13 bits per heavy atom. The van der Waals surface area contributed by atoms with Crippen LogP contribution in [0.1, 0.15) is 26.3 Å². The first kappa shape index (κ1) is 25.4. The van der Waals surface area contributed by atoms with Crippen LogP contribution in [0.5, 0.6) is 0 Å². The zero-order chi connectivity index (χ0) is 26.6. The molecule has 38 heavy (non-hydrogen) atoms. The Morgan fingerprint density at radius 2 is 1.45 bits per heavy atom. The van der Waals surface area contributed by atoms with Crippen LogP contribution in [0.4, 0.5) is 17.1 Å². The molecule has 8 heteroatoms. The van der Waals surface area contributed by atoms with Gasteiger partial charge in [-0.1, -0.05) is 42.5 Å². The summed E-state index contributed by atoms with van der Waals surface area (Å²) >= 11 is 5.41. The fourth-order valence-corrected chi connectivity index (χ4v) is 4.76. The number of nitrogens with zero attached hydrogens (tertiary/aromatic N) is 2. The molecule has 0 atom stereocenters. The lowest BCUT2D eigenvalue weighted by molar-refractivity contribution is 0.0601. The van der Waals surface area contributed by atoms with Gasteiger partial charge < -0.3 is 20.9 Å². The molecular weight excluding hydrogens is 494 g/mol. The van der Waals surface area contributed by atoms with Crippen molar-refractivity contribution in [2.75, 3.05) is 43.1 Å². The Bertz CT molecular complexity index is 1480. The van der Waals surface area contributed by atoms with E-state index in [9.17, 15) is 9.59 Å². The third-order valence-corrected chi connectivity index (χ3v) is 6.69. The van der Waals surface area contributed by atoms with E-state index in [1.54, 1.807) is 6.07 Å². The van der Waals surface area contributed by atoms with Crippen LogP contribution in [0.25, 0.3) is 10.8 Å². The summed E-state index contributed by atoms with van der Waals surface area (Å²) in [7, 11) is 3.85. The van der Waals surface area contributed by atoms with Gasteiger partial charge in [-0.25, -0.2) is 0 Å².